The molecular formula is C17H9Cl2F3N2O2. The zero-order valence-corrected chi connectivity index (χ0v) is 14.3. The van der Waals surface area contributed by atoms with Crippen molar-refractivity contribution in [3.05, 3.63) is 69.2 Å². The minimum atomic E-state index is -4.57. The number of carbonyl (C=O) groups is 1. The quantitative estimate of drug-likeness (QED) is 0.650. The Kier molecular flexibility index (Phi) is 4.68. The molecule has 1 amide bonds. The summed E-state index contributed by atoms with van der Waals surface area (Å²) in [7, 11) is 0. The van der Waals surface area contributed by atoms with Crippen LogP contribution in [0.25, 0.3) is 11.0 Å². The van der Waals surface area contributed by atoms with Gasteiger partial charge in [0.05, 0.1) is 16.3 Å². The number of primary amides is 1. The van der Waals surface area contributed by atoms with Gasteiger partial charge in [-0.3, -0.25) is 4.79 Å². The molecule has 0 aliphatic rings. The molecule has 2 N–H and O–H groups in total. The number of fused-ring (bicyclic) bond motifs is 1. The van der Waals surface area contributed by atoms with Crippen LogP contribution in [0.5, 0.6) is 0 Å². The first kappa shape index (κ1) is 18.3. The van der Waals surface area contributed by atoms with Crippen LogP contribution < -0.4 is 11.3 Å². The molecule has 0 unspecified atom stereocenters. The predicted molar refractivity (Wildman–Crippen MR) is 91.4 cm³/mol. The molecule has 0 spiro atoms. The molecule has 9 heteroatoms. The van der Waals surface area contributed by atoms with E-state index in [1.165, 1.54) is 12.1 Å². The Morgan fingerprint density at radius 1 is 1.08 bits per heavy atom. The Morgan fingerprint density at radius 3 is 2.46 bits per heavy atom. The van der Waals surface area contributed by atoms with Gasteiger partial charge in [-0.25, -0.2) is 4.99 Å². The van der Waals surface area contributed by atoms with Crippen LogP contribution in [0.4, 0.5) is 18.9 Å². The van der Waals surface area contributed by atoms with Crippen molar-refractivity contribution in [2.75, 3.05) is 0 Å². The molecule has 1 aromatic heterocycles. The van der Waals surface area contributed by atoms with E-state index in [9.17, 15) is 18.0 Å². The average molecular weight is 401 g/mol. The molecule has 134 valence electrons. The molecule has 0 aliphatic heterocycles. The lowest BCUT2D eigenvalue weighted by Crippen LogP contribution is -2.21. The van der Waals surface area contributed by atoms with Crippen LogP contribution in [0.1, 0.15) is 15.9 Å². The van der Waals surface area contributed by atoms with Gasteiger partial charge in [0, 0.05) is 10.4 Å². The largest absolute Gasteiger partial charge is 0.438 e. The molecule has 0 bridgehead atoms. The molecule has 0 atom stereocenters. The van der Waals surface area contributed by atoms with Crippen molar-refractivity contribution in [2.24, 2.45) is 10.7 Å². The van der Waals surface area contributed by atoms with Crippen LogP contribution in [0.15, 0.2) is 51.9 Å². The lowest BCUT2D eigenvalue weighted by molar-refractivity contribution is -0.137. The number of alkyl halides is 3. The molecule has 26 heavy (non-hydrogen) atoms. The van der Waals surface area contributed by atoms with Crippen LogP contribution in [0, 0.1) is 0 Å². The van der Waals surface area contributed by atoms with Crippen LogP contribution >= 0.6 is 23.2 Å². The summed E-state index contributed by atoms with van der Waals surface area (Å²) in [5.74, 6) is -0.863. The number of hydrogen-bond donors (Lipinski definition) is 1. The summed E-state index contributed by atoms with van der Waals surface area (Å²) in [6.45, 7) is 0. The van der Waals surface area contributed by atoms with E-state index in [1.807, 2.05) is 0 Å². The van der Waals surface area contributed by atoms with E-state index in [1.54, 1.807) is 12.1 Å². The van der Waals surface area contributed by atoms with Gasteiger partial charge in [0.1, 0.15) is 11.1 Å². The van der Waals surface area contributed by atoms with E-state index in [2.05, 4.69) is 4.99 Å². The topological polar surface area (TPSA) is 68.6 Å². The summed E-state index contributed by atoms with van der Waals surface area (Å²) in [5, 5.41) is 0.856. The fraction of sp³-hybridized carbons (Fsp3) is 0.0588. The zero-order chi connectivity index (χ0) is 19.1. The monoisotopic (exact) mass is 400 g/mol. The first-order valence-corrected chi connectivity index (χ1v) is 7.85. The van der Waals surface area contributed by atoms with Gasteiger partial charge in [0.25, 0.3) is 5.91 Å². The summed E-state index contributed by atoms with van der Waals surface area (Å²) in [6.07, 6.45) is -4.57. The summed E-state index contributed by atoms with van der Waals surface area (Å²) in [4.78, 5) is 15.7. The van der Waals surface area contributed by atoms with Crippen LogP contribution in [0.3, 0.4) is 0 Å². The molecule has 0 radical (unpaired) electrons. The van der Waals surface area contributed by atoms with Crippen LogP contribution in [-0.4, -0.2) is 5.91 Å². The van der Waals surface area contributed by atoms with Gasteiger partial charge in [0.15, 0.2) is 0 Å². The number of rotatable bonds is 2. The van der Waals surface area contributed by atoms with E-state index in [0.29, 0.717) is 16.0 Å². The second-order valence-corrected chi connectivity index (χ2v) is 6.13. The number of nitrogens with two attached hydrogens (primary N) is 1. The third-order valence-electron chi connectivity index (χ3n) is 3.47. The van der Waals surface area contributed by atoms with Crippen LogP contribution in [0.2, 0.25) is 10.0 Å². The lowest BCUT2D eigenvalue weighted by Gasteiger charge is -2.08. The Balaban J connectivity index is 2.29. The lowest BCUT2D eigenvalue weighted by atomic mass is 10.1. The molecule has 3 rings (SSSR count). The molecular weight excluding hydrogens is 392 g/mol. The first-order valence-electron chi connectivity index (χ1n) is 7.10. The highest BCUT2D eigenvalue weighted by Gasteiger charge is 2.31. The highest BCUT2D eigenvalue weighted by atomic mass is 35.5. The number of nitrogens with zero attached hydrogens (tertiary/aromatic N) is 1. The van der Waals surface area contributed by atoms with Crippen molar-refractivity contribution in [2.45, 2.75) is 6.18 Å². The molecule has 2 aromatic carbocycles. The Hall–Kier alpha value is -2.51. The molecule has 3 aromatic rings. The van der Waals surface area contributed by atoms with Crippen molar-refractivity contribution in [1.29, 1.82) is 0 Å². The van der Waals surface area contributed by atoms with E-state index in [0.717, 1.165) is 18.2 Å². The van der Waals surface area contributed by atoms with Gasteiger partial charge in [0.2, 0.25) is 5.55 Å². The van der Waals surface area contributed by atoms with E-state index >= 15 is 0 Å². The van der Waals surface area contributed by atoms with E-state index < -0.39 is 17.6 Å². The third kappa shape index (κ3) is 3.68. The molecule has 1 heterocycles. The van der Waals surface area contributed by atoms with Gasteiger partial charge >= 0.3 is 6.18 Å². The average Bonchev–Trinajstić information content (AvgIpc) is 2.55. The Labute approximate surface area is 154 Å². The molecule has 0 saturated carbocycles. The highest BCUT2D eigenvalue weighted by Crippen LogP contribution is 2.34. The number of benzene rings is 2. The fourth-order valence-electron chi connectivity index (χ4n) is 2.25. The normalized spacial score (nSPS) is 12.6. The number of halogens is 5. The van der Waals surface area contributed by atoms with Gasteiger partial charge in [-0.2, -0.15) is 13.2 Å². The summed E-state index contributed by atoms with van der Waals surface area (Å²) in [5.41, 5.74) is 4.13. The van der Waals surface area contributed by atoms with Gasteiger partial charge < -0.3 is 10.2 Å². The van der Waals surface area contributed by atoms with Crippen molar-refractivity contribution < 1.29 is 22.4 Å². The molecule has 4 nitrogen and oxygen atoms in total. The number of amides is 1. The van der Waals surface area contributed by atoms with Gasteiger partial charge in [-0.15, -0.1) is 0 Å². The maximum atomic E-state index is 12.9. The molecule has 0 saturated heterocycles. The molecule has 0 aliphatic carbocycles. The fourth-order valence-corrected chi connectivity index (χ4v) is 2.59. The number of carbonyl (C=O) groups excluding carboxylic acids is 1. The smallest absolute Gasteiger partial charge is 0.416 e. The summed E-state index contributed by atoms with van der Waals surface area (Å²) in [6, 6.07) is 8.69. The van der Waals surface area contributed by atoms with Gasteiger partial charge in [-0.05, 0) is 42.5 Å². The summed E-state index contributed by atoms with van der Waals surface area (Å²) < 4.78 is 44.2. The standard InChI is InChI=1S/C17H9Cl2F3N2O2/c18-10-2-4-14-8(5-10)6-11(15(23)25)16(26-14)24-13-7-9(17(20,21)22)1-3-12(13)19/h1-7H,(H2,23,25). The van der Waals surface area contributed by atoms with E-state index in [4.69, 9.17) is 33.4 Å². The predicted octanol–water partition coefficient (Wildman–Crippen LogP) is 5.09. The van der Waals surface area contributed by atoms with Crippen molar-refractivity contribution >= 4 is 45.8 Å². The molecule has 0 fully saturated rings. The van der Waals surface area contributed by atoms with Crippen molar-refractivity contribution in [3.8, 4) is 0 Å². The SMILES string of the molecule is NC(=O)c1cc2cc(Cl)ccc2oc1=Nc1cc(C(F)(F)F)ccc1Cl. The second kappa shape index (κ2) is 6.66. The maximum absolute atomic E-state index is 12.9. The van der Waals surface area contributed by atoms with Gasteiger partial charge in [-0.1, -0.05) is 23.2 Å². The van der Waals surface area contributed by atoms with E-state index in [-0.39, 0.29) is 21.8 Å². The highest BCUT2D eigenvalue weighted by molar-refractivity contribution is 6.33. The minimum Gasteiger partial charge on any atom is -0.438 e. The minimum absolute atomic E-state index is 0.0418. The zero-order valence-electron chi connectivity index (χ0n) is 12.8. The van der Waals surface area contributed by atoms with Crippen molar-refractivity contribution in [1.82, 2.24) is 0 Å². The summed E-state index contributed by atoms with van der Waals surface area (Å²) >= 11 is 11.8. The third-order valence-corrected chi connectivity index (χ3v) is 4.02. The first-order chi connectivity index (χ1) is 12.1. The second-order valence-electron chi connectivity index (χ2n) is 5.29. The maximum Gasteiger partial charge on any atom is 0.416 e. The van der Waals surface area contributed by atoms with Crippen LogP contribution in [-0.2, 0) is 6.18 Å². The Bertz CT molecular complexity index is 1090. The Morgan fingerprint density at radius 2 is 1.81 bits per heavy atom. The number of hydrogen-bond acceptors (Lipinski definition) is 3. The van der Waals surface area contributed by atoms with Crippen molar-refractivity contribution in [3.63, 3.8) is 0 Å².